The molecule has 3 rings (SSSR count). The molecule has 0 saturated carbocycles. The average Bonchev–Trinajstić information content (AvgIpc) is 3.01. The van der Waals surface area contributed by atoms with Gasteiger partial charge in [-0.05, 0) is 50.0 Å². The Morgan fingerprint density at radius 1 is 1.21 bits per heavy atom. The summed E-state index contributed by atoms with van der Waals surface area (Å²) in [4.78, 5) is 26.6. The van der Waals surface area contributed by atoms with E-state index in [4.69, 9.17) is 5.11 Å². The van der Waals surface area contributed by atoms with Gasteiger partial charge in [-0.1, -0.05) is 18.2 Å². The highest BCUT2D eigenvalue weighted by Crippen LogP contribution is 2.37. The summed E-state index contributed by atoms with van der Waals surface area (Å²) in [5, 5.41) is 11.8. The van der Waals surface area contributed by atoms with Crippen molar-refractivity contribution < 1.29 is 14.7 Å². The molecule has 2 aromatic rings. The molecule has 0 aliphatic carbocycles. The highest BCUT2D eigenvalue weighted by Gasteiger charge is 2.27. The molecule has 0 fully saturated rings. The molecule has 0 radical (unpaired) electrons. The number of allylic oxidation sites excluding steroid dienone is 1. The third-order valence-corrected chi connectivity index (χ3v) is 4.60. The van der Waals surface area contributed by atoms with Gasteiger partial charge in [0.05, 0.1) is 5.57 Å². The Bertz CT molecular complexity index is 875. The van der Waals surface area contributed by atoms with Gasteiger partial charge < -0.3 is 15.4 Å². The maximum Gasteiger partial charge on any atom is 0.303 e. The van der Waals surface area contributed by atoms with Crippen molar-refractivity contribution in [2.75, 3.05) is 5.32 Å². The number of hydrogen-bond donors (Lipinski definition) is 3. The molecule has 1 aliphatic rings. The number of anilines is 1. The minimum absolute atomic E-state index is 0.0952. The maximum absolute atomic E-state index is 12.4. The summed E-state index contributed by atoms with van der Waals surface area (Å²) in [7, 11) is 0. The van der Waals surface area contributed by atoms with Gasteiger partial charge in [-0.25, -0.2) is 0 Å². The van der Waals surface area contributed by atoms with Gasteiger partial charge in [-0.15, -0.1) is 0 Å². The predicted molar refractivity (Wildman–Crippen MR) is 93.8 cm³/mol. The molecule has 0 unspecified atom stereocenters. The molecule has 3 N–H and O–H groups in total. The number of aryl methyl sites for hydroxylation is 1. The predicted octanol–water partition coefficient (Wildman–Crippen LogP) is 3.53. The Morgan fingerprint density at radius 2 is 1.92 bits per heavy atom. The van der Waals surface area contributed by atoms with Crippen molar-refractivity contribution >= 4 is 28.7 Å². The molecule has 5 heteroatoms. The number of aliphatic carboxylic acids is 1. The van der Waals surface area contributed by atoms with Crippen molar-refractivity contribution in [2.24, 2.45) is 0 Å². The van der Waals surface area contributed by atoms with Crippen LogP contribution < -0.4 is 5.32 Å². The fraction of sp³-hybridized carbons (Fsp3) is 0.263. The lowest BCUT2D eigenvalue weighted by Crippen LogP contribution is -2.05. The molecule has 0 spiro atoms. The lowest BCUT2D eigenvalue weighted by molar-refractivity contribution is -0.137. The number of amides is 1. The van der Waals surface area contributed by atoms with Crippen LogP contribution in [0.15, 0.2) is 24.3 Å². The number of fused-ring (bicyclic) bond motifs is 1. The third-order valence-electron chi connectivity index (χ3n) is 4.60. The van der Waals surface area contributed by atoms with Gasteiger partial charge in [0.25, 0.3) is 5.91 Å². The van der Waals surface area contributed by atoms with Gasteiger partial charge in [0.2, 0.25) is 0 Å². The number of carbonyl (C=O) groups is 2. The van der Waals surface area contributed by atoms with Crippen molar-refractivity contribution in [3.63, 3.8) is 0 Å². The molecular weight excluding hydrogens is 304 g/mol. The minimum atomic E-state index is -0.810. The summed E-state index contributed by atoms with van der Waals surface area (Å²) < 4.78 is 0. The fourth-order valence-corrected chi connectivity index (χ4v) is 3.39. The van der Waals surface area contributed by atoms with Crippen LogP contribution in [0, 0.1) is 13.8 Å². The molecule has 1 aromatic heterocycles. The molecule has 0 saturated heterocycles. The number of nitrogens with one attached hydrogen (secondary N) is 2. The van der Waals surface area contributed by atoms with E-state index in [0.29, 0.717) is 12.0 Å². The lowest BCUT2D eigenvalue weighted by atomic mass is 9.96. The normalized spacial score (nSPS) is 15.2. The van der Waals surface area contributed by atoms with E-state index in [1.807, 2.05) is 45.0 Å². The first-order chi connectivity index (χ1) is 11.4. The fourth-order valence-electron chi connectivity index (χ4n) is 3.39. The van der Waals surface area contributed by atoms with Gasteiger partial charge in [-0.2, -0.15) is 0 Å². The Morgan fingerprint density at radius 3 is 2.62 bits per heavy atom. The van der Waals surface area contributed by atoms with Crippen LogP contribution in [0.25, 0.3) is 11.1 Å². The largest absolute Gasteiger partial charge is 0.481 e. The second-order valence-corrected chi connectivity index (χ2v) is 6.12. The van der Waals surface area contributed by atoms with E-state index < -0.39 is 5.97 Å². The SMILES string of the molecule is C/C(=C1/C(=O)Nc2ccccc21)c1[nH]c(C)c(CCC(=O)O)c1C. The van der Waals surface area contributed by atoms with Gasteiger partial charge in [-0.3, -0.25) is 9.59 Å². The van der Waals surface area contributed by atoms with Gasteiger partial charge in [0, 0.05) is 29.1 Å². The number of aromatic nitrogens is 1. The molecule has 1 aromatic carbocycles. The Balaban J connectivity index is 2.08. The van der Waals surface area contributed by atoms with Crippen LogP contribution in [0.1, 0.15) is 41.4 Å². The summed E-state index contributed by atoms with van der Waals surface area (Å²) in [5.41, 5.74) is 7.14. The quantitative estimate of drug-likeness (QED) is 0.752. The topological polar surface area (TPSA) is 82.2 Å². The van der Waals surface area contributed by atoms with Crippen LogP contribution in [-0.4, -0.2) is 22.0 Å². The zero-order valence-corrected chi connectivity index (χ0v) is 14.0. The lowest BCUT2D eigenvalue weighted by Gasteiger charge is -2.06. The second kappa shape index (κ2) is 6.00. The molecule has 1 aliphatic heterocycles. The Hall–Kier alpha value is -2.82. The number of aromatic amines is 1. The van der Waals surface area contributed by atoms with E-state index in [-0.39, 0.29) is 12.3 Å². The van der Waals surface area contributed by atoms with E-state index >= 15 is 0 Å². The molecule has 1 amide bonds. The van der Waals surface area contributed by atoms with Crippen LogP contribution in [0.4, 0.5) is 5.69 Å². The summed E-state index contributed by atoms with van der Waals surface area (Å²) in [6, 6.07) is 7.63. The molecule has 24 heavy (non-hydrogen) atoms. The van der Waals surface area contributed by atoms with E-state index in [1.54, 1.807) is 0 Å². The van der Waals surface area contributed by atoms with Crippen molar-refractivity contribution in [1.29, 1.82) is 0 Å². The number of H-pyrrole nitrogens is 1. The maximum atomic E-state index is 12.4. The standard InChI is InChI=1S/C19H20N2O3/c1-10-13(8-9-16(22)23)12(3)20-18(10)11(2)17-14-6-4-5-7-15(14)21-19(17)24/h4-7,20H,8-9H2,1-3H3,(H,21,24)(H,22,23)/b17-11-. The average molecular weight is 324 g/mol. The zero-order valence-electron chi connectivity index (χ0n) is 14.0. The van der Waals surface area contributed by atoms with Crippen molar-refractivity contribution in [1.82, 2.24) is 4.98 Å². The number of carbonyl (C=O) groups excluding carboxylic acids is 1. The summed E-state index contributed by atoms with van der Waals surface area (Å²) in [6.45, 7) is 5.84. The molecule has 124 valence electrons. The van der Waals surface area contributed by atoms with E-state index in [2.05, 4.69) is 10.3 Å². The molecule has 0 atom stereocenters. The molecule has 0 bridgehead atoms. The van der Waals surface area contributed by atoms with Crippen LogP contribution >= 0.6 is 0 Å². The first-order valence-electron chi connectivity index (χ1n) is 7.92. The van der Waals surface area contributed by atoms with E-state index in [9.17, 15) is 9.59 Å². The monoisotopic (exact) mass is 324 g/mol. The second-order valence-electron chi connectivity index (χ2n) is 6.12. The van der Waals surface area contributed by atoms with Gasteiger partial charge >= 0.3 is 5.97 Å². The van der Waals surface area contributed by atoms with Crippen LogP contribution in [0.3, 0.4) is 0 Å². The molecular formula is C19H20N2O3. The Kier molecular flexibility index (Phi) is 4.01. The number of benzene rings is 1. The van der Waals surface area contributed by atoms with E-state index in [1.165, 1.54) is 0 Å². The van der Waals surface area contributed by atoms with Crippen molar-refractivity contribution in [2.45, 2.75) is 33.6 Å². The summed E-state index contributed by atoms with van der Waals surface area (Å²) in [5.74, 6) is -0.914. The highest BCUT2D eigenvalue weighted by atomic mass is 16.4. The number of para-hydroxylation sites is 1. The Labute approximate surface area is 140 Å². The third kappa shape index (κ3) is 2.62. The first-order valence-corrected chi connectivity index (χ1v) is 7.92. The van der Waals surface area contributed by atoms with Crippen LogP contribution in [0.5, 0.6) is 0 Å². The number of rotatable bonds is 4. The minimum Gasteiger partial charge on any atom is -0.481 e. The van der Waals surface area contributed by atoms with Crippen LogP contribution in [0.2, 0.25) is 0 Å². The number of hydrogen-bond acceptors (Lipinski definition) is 2. The molecule has 5 nitrogen and oxygen atoms in total. The molecule has 2 heterocycles. The van der Waals surface area contributed by atoms with E-state index in [0.717, 1.165) is 39.3 Å². The number of carboxylic acids is 1. The van der Waals surface area contributed by atoms with Crippen LogP contribution in [-0.2, 0) is 16.0 Å². The summed E-state index contributed by atoms with van der Waals surface area (Å²) >= 11 is 0. The summed E-state index contributed by atoms with van der Waals surface area (Å²) in [6.07, 6.45) is 0.576. The highest BCUT2D eigenvalue weighted by molar-refractivity contribution is 6.36. The van der Waals surface area contributed by atoms with Gasteiger partial charge in [0.15, 0.2) is 0 Å². The smallest absolute Gasteiger partial charge is 0.303 e. The zero-order chi connectivity index (χ0) is 17.4. The number of carboxylic acid groups (broad SMARTS) is 1. The van der Waals surface area contributed by atoms with Crippen molar-refractivity contribution in [3.05, 3.63) is 52.3 Å². The first kappa shape index (κ1) is 16.1. The van der Waals surface area contributed by atoms with Crippen molar-refractivity contribution in [3.8, 4) is 0 Å². The van der Waals surface area contributed by atoms with Gasteiger partial charge in [0.1, 0.15) is 0 Å².